The van der Waals surface area contributed by atoms with Crippen molar-refractivity contribution in [3.8, 4) is 5.69 Å². The van der Waals surface area contributed by atoms with Crippen molar-refractivity contribution in [2.24, 2.45) is 0 Å². The zero-order valence-corrected chi connectivity index (χ0v) is 12.4. The van der Waals surface area contributed by atoms with Gasteiger partial charge in [0.15, 0.2) is 0 Å². The molecule has 0 unspecified atom stereocenters. The molecule has 1 aromatic heterocycles. The van der Waals surface area contributed by atoms with Crippen molar-refractivity contribution < 1.29 is 5.11 Å². The smallest absolute Gasteiger partial charge is 0.138 e. The maximum absolute atomic E-state index is 9.65. The maximum Gasteiger partial charge on any atom is 0.138 e. The Kier molecular flexibility index (Phi) is 3.81. The highest BCUT2D eigenvalue weighted by atomic mass is 35.5. The van der Waals surface area contributed by atoms with E-state index in [-0.39, 0.29) is 6.61 Å². The van der Waals surface area contributed by atoms with Crippen LogP contribution in [0.5, 0.6) is 0 Å². The summed E-state index contributed by atoms with van der Waals surface area (Å²) in [6.45, 7) is 2.00. The van der Waals surface area contributed by atoms with Crippen LogP contribution in [0.1, 0.15) is 48.4 Å². The lowest BCUT2D eigenvalue weighted by atomic mass is 10.0. The molecule has 1 aliphatic carbocycles. The Labute approximate surface area is 124 Å². The Morgan fingerprint density at radius 2 is 2.00 bits per heavy atom. The topological polar surface area (TPSA) is 38.0 Å². The molecule has 0 spiro atoms. The molecule has 1 N–H and O–H groups in total. The minimum atomic E-state index is -0.0451. The van der Waals surface area contributed by atoms with Crippen LogP contribution >= 0.6 is 11.6 Å². The summed E-state index contributed by atoms with van der Waals surface area (Å²) in [4.78, 5) is 0. The van der Waals surface area contributed by atoms with Gasteiger partial charge in [-0.25, -0.2) is 4.68 Å². The molecule has 3 nitrogen and oxygen atoms in total. The maximum atomic E-state index is 9.65. The lowest BCUT2D eigenvalue weighted by molar-refractivity contribution is 0.280. The van der Waals surface area contributed by atoms with E-state index in [0.29, 0.717) is 11.1 Å². The molecule has 1 aromatic carbocycles. The van der Waals surface area contributed by atoms with E-state index in [1.54, 1.807) is 4.68 Å². The molecule has 0 saturated heterocycles. The number of aromatic nitrogens is 2. The van der Waals surface area contributed by atoms with Crippen LogP contribution in [-0.4, -0.2) is 14.9 Å². The Bertz CT molecular complexity index is 615. The van der Waals surface area contributed by atoms with Gasteiger partial charge in [-0.3, -0.25) is 0 Å². The largest absolute Gasteiger partial charge is 0.391 e. The average Bonchev–Trinajstić information content (AvgIpc) is 3.07. The number of hydrogen-bond donors (Lipinski definition) is 1. The number of aliphatic hydroxyl groups is 1. The summed E-state index contributed by atoms with van der Waals surface area (Å²) in [6, 6.07) is 8.03. The highest BCUT2D eigenvalue weighted by molar-refractivity contribution is 6.30. The fourth-order valence-corrected chi connectivity index (χ4v) is 3.37. The molecule has 0 bridgehead atoms. The zero-order chi connectivity index (χ0) is 14.1. The number of nitrogens with zero attached hydrogens (tertiary/aromatic N) is 2. The van der Waals surface area contributed by atoms with Crippen molar-refractivity contribution in [3.63, 3.8) is 0 Å². The van der Waals surface area contributed by atoms with E-state index >= 15 is 0 Å². The lowest BCUT2D eigenvalue weighted by Crippen LogP contribution is -2.01. The molecular formula is C16H19ClN2O. The quantitative estimate of drug-likeness (QED) is 0.928. The molecule has 4 heteroatoms. The van der Waals surface area contributed by atoms with E-state index in [4.69, 9.17) is 16.7 Å². The summed E-state index contributed by atoms with van der Waals surface area (Å²) in [5, 5.41) is 14.9. The van der Waals surface area contributed by atoms with Crippen molar-refractivity contribution in [1.29, 1.82) is 0 Å². The molecule has 20 heavy (non-hydrogen) atoms. The molecule has 1 heterocycles. The summed E-state index contributed by atoms with van der Waals surface area (Å²) in [5.41, 5.74) is 3.89. The van der Waals surface area contributed by atoms with E-state index in [1.807, 2.05) is 31.2 Å². The van der Waals surface area contributed by atoms with Gasteiger partial charge in [0.25, 0.3) is 0 Å². The van der Waals surface area contributed by atoms with E-state index in [0.717, 1.165) is 35.3 Å². The van der Waals surface area contributed by atoms with Crippen molar-refractivity contribution >= 4 is 11.6 Å². The number of benzene rings is 1. The molecule has 0 aliphatic heterocycles. The van der Waals surface area contributed by atoms with Crippen LogP contribution in [0.4, 0.5) is 0 Å². The van der Waals surface area contributed by atoms with Gasteiger partial charge in [0.1, 0.15) is 5.15 Å². The first-order valence-corrected chi connectivity index (χ1v) is 7.54. The second kappa shape index (κ2) is 5.58. The van der Waals surface area contributed by atoms with E-state index < -0.39 is 0 Å². The van der Waals surface area contributed by atoms with Gasteiger partial charge in [-0.1, -0.05) is 42.6 Å². The molecule has 0 radical (unpaired) electrons. The van der Waals surface area contributed by atoms with Crippen molar-refractivity contribution in [3.05, 3.63) is 46.2 Å². The first-order valence-electron chi connectivity index (χ1n) is 7.16. The summed E-state index contributed by atoms with van der Waals surface area (Å²) in [5.74, 6) is 0.444. The summed E-state index contributed by atoms with van der Waals surface area (Å²) in [7, 11) is 0. The third kappa shape index (κ3) is 2.25. The number of aryl methyl sites for hydroxylation is 1. The molecule has 0 amide bonds. The third-order valence-electron chi connectivity index (χ3n) is 4.20. The van der Waals surface area contributed by atoms with Gasteiger partial charge in [0, 0.05) is 11.5 Å². The molecule has 2 aromatic rings. The van der Waals surface area contributed by atoms with E-state index in [2.05, 4.69) is 0 Å². The molecule has 0 atom stereocenters. The van der Waals surface area contributed by atoms with Crippen LogP contribution in [-0.2, 0) is 6.61 Å². The van der Waals surface area contributed by atoms with E-state index in [1.165, 1.54) is 12.8 Å². The minimum absolute atomic E-state index is 0.0451. The monoisotopic (exact) mass is 290 g/mol. The first-order chi connectivity index (χ1) is 9.72. The van der Waals surface area contributed by atoms with Gasteiger partial charge in [-0.05, 0) is 31.4 Å². The van der Waals surface area contributed by atoms with Crippen LogP contribution in [0, 0.1) is 6.92 Å². The van der Waals surface area contributed by atoms with Gasteiger partial charge < -0.3 is 5.11 Å². The first kappa shape index (κ1) is 13.7. The van der Waals surface area contributed by atoms with Gasteiger partial charge in [0.05, 0.1) is 18.0 Å². The Morgan fingerprint density at radius 1 is 1.30 bits per heavy atom. The normalized spacial score (nSPS) is 15.9. The zero-order valence-electron chi connectivity index (χ0n) is 11.6. The number of aliphatic hydroxyl groups excluding tert-OH is 1. The average molecular weight is 291 g/mol. The standard InChI is InChI=1S/C16H19ClN2O/c1-11-6-2-5-9-14(11)19-16(17)13(10-20)15(18-19)12-7-3-4-8-12/h2,5-6,9,12,20H,3-4,7-8,10H2,1H3. The van der Waals surface area contributed by atoms with Gasteiger partial charge in [-0.2, -0.15) is 5.10 Å². The fraction of sp³-hybridized carbons (Fsp3) is 0.438. The fourth-order valence-electron chi connectivity index (χ4n) is 3.08. The summed E-state index contributed by atoms with van der Waals surface area (Å²) >= 11 is 6.46. The van der Waals surface area contributed by atoms with Crippen molar-refractivity contribution in [2.75, 3.05) is 0 Å². The number of hydrogen-bond acceptors (Lipinski definition) is 2. The van der Waals surface area contributed by atoms with Crippen LogP contribution < -0.4 is 0 Å². The SMILES string of the molecule is Cc1ccccc1-n1nc(C2CCCC2)c(CO)c1Cl. The second-order valence-corrected chi connectivity index (χ2v) is 5.85. The Hall–Kier alpha value is -1.32. The lowest BCUT2D eigenvalue weighted by Gasteiger charge is -2.07. The van der Waals surface area contributed by atoms with E-state index in [9.17, 15) is 5.11 Å². The van der Waals surface area contributed by atoms with Crippen molar-refractivity contribution in [1.82, 2.24) is 9.78 Å². The molecule has 3 rings (SSSR count). The Morgan fingerprint density at radius 3 is 2.65 bits per heavy atom. The minimum Gasteiger partial charge on any atom is -0.391 e. The van der Waals surface area contributed by atoms with Gasteiger partial charge in [-0.15, -0.1) is 0 Å². The number of halogens is 1. The van der Waals surface area contributed by atoms with Crippen LogP contribution in [0.25, 0.3) is 5.69 Å². The number of rotatable bonds is 3. The van der Waals surface area contributed by atoms with Crippen LogP contribution in [0.3, 0.4) is 0 Å². The highest BCUT2D eigenvalue weighted by Crippen LogP contribution is 2.38. The molecule has 1 fully saturated rings. The molecular weight excluding hydrogens is 272 g/mol. The van der Waals surface area contributed by atoms with Crippen LogP contribution in [0.2, 0.25) is 5.15 Å². The van der Waals surface area contributed by atoms with Gasteiger partial charge in [0.2, 0.25) is 0 Å². The summed E-state index contributed by atoms with van der Waals surface area (Å²) in [6.07, 6.45) is 4.77. The molecule has 106 valence electrons. The molecule has 1 aliphatic rings. The van der Waals surface area contributed by atoms with Gasteiger partial charge >= 0.3 is 0 Å². The third-order valence-corrected chi connectivity index (χ3v) is 4.58. The Balaban J connectivity index is 2.11. The summed E-state index contributed by atoms with van der Waals surface area (Å²) < 4.78 is 1.77. The predicted octanol–water partition coefficient (Wildman–Crippen LogP) is 3.98. The van der Waals surface area contributed by atoms with Crippen LogP contribution in [0.15, 0.2) is 24.3 Å². The second-order valence-electron chi connectivity index (χ2n) is 5.49. The number of para-hydroxylation sites is 1. The molecule has 1 saturated carbocycles. The van der Waals surface area contributed by atoms with Crippen molar-refractivity contribution in [2.45, 2.75) is 45.1 Å². The highest BCUT2D eigenvalue weighted by Gasteiger charge is 2.26. The predicted molar refractivity (Wildman–Crippen MR) is 80.4 cm³/mol.